The number of carboxylic acid groups (broad SMARTS) is 1. The van der Waals surface area contributed by atoms with E-state index >= 15 is 0 Å². The van der Waals surface area contributed by atoms with Gasteiger partial charge in [0.2, 0.25) is 0 Å². The van der Waals surface area contributed by atoms with E-state index in [9.17, 15) is 14.7 Å². The van der Waals surface area contributed by atoms with Crippen molar-refractivity contribution in [2.75, 3.05) is 6.54 Å². The molecule has 1 amide bonds. The largest absolute Gasteiger partial charge is 0.481 e. The molecular weight excluding hydrogens is 320 g/mol. The lowest BCUT2D eigenvalue weighted by molar-refractivity contribution is -0.145. The Bertz CT molecular complexity index is 743. The lowest BCUT2D eigenvalue weighted by Gasteiger charge is -2.36. The predicted molar refractivity (Wildman–Crippen MR) is 86.9 cm³/mol. The molecule has 7 heteroatoms. The molecule has 0 unspecified atom stereocenters. The Balaban J connectivity index is 0.00000192. The zero-order chi connectivity index (χ0) is 15.9. The minimum absolute atomic E-state index is 0. The molecule has 124 valence electrons. The van der Waals surface area contributed by atoms with Crippen LogP contribution in [0.15, 0.2) is 22.6 Å². The van der Waals surface area contributed by atoms with Crippen molar-refractivity contribution in [3.63, 3.8) is 0 Å². The van der Waals surface area contributed by atoms with E-state index in [1.54, 1.807) is 24.0 Å². The molecule has 0 spiro atoms. The zero-order valence-corrected chi connectivity index (χ0v) is 13.8. The van der Waals surface area contributed by atoms with Gasteiger partial charge in [-0.25, -0.2) is 4.98 Å². The molecule has 0 bridgehead atoms. The van der Waals surface area contributed by atoms with Gasteiger partial charge in [0, 0.05) is 24.3 Å². The van der Waals surface area contributed by atoms with Crippen molar-refractivity contribution < 1.29 is 19.1 Å². The summed E-state index contributed by atoms with van der Waals surface area (Å²) >= 11 is 0. The molecule has 0 aromatic carbocycles. The second-order valence-electron chi connectivity index (χ2n) is 5.77. The summed E-state index contributed by atoms with van der Waals surface area (Å²) in [5.41, 5.74) is 2.06. The van der Waals surface area contributed by atoms with Crippen LogP contribution in [0.25, 0.3) is 11.1 Å². The number of rotatable bonds is 2. The van der Waals surface area contributed by atoms with Crippen molar-refractivity contribution in [3.05, 3.63) is 29.7 Å². The van der Waals surface area contributed by atoms with Crippen molar-refractivity contribution in [2.24, 2.45) is 5.92 Å². The van der Waals surface area contributed by atoms with E-state index in [4.69, 9.17) is 4.42 Å². The number of furan rings is 1. The third-order valence-corrected chi connectivity index (χ3v) is 4.29. The maximum absolute atomic E-state index is 12.6. The van der Waals surface area contributed by atoms with Gasteiger partial charge >= 0.3 is 5.97 Å². The predicted octanol–water partition coefficient (Wildman–Crippen LogP) is 2.88. The third kappa shape index (κ3) is 3.17. The molecule has 1 aliphatic heterocycles. The van der Waals surface area contributed by atoms with Crippen molar-refractivity contribution in [3.8, 4) is 0 Å². The summed E-state index contributed by atoms with van der Waals surface area (Å²) in [5, 5.41) is 9.25. The Morgan fingerprint density at radius 2 is 2.13 bits per heavy atom. The monoisotopic (exact) mass is 338 g/mol. The van der Waals surface area contributed by atoms with Crippen LogP contribution in [-0.4, -0.2) is 39.5 Å². The first kappa shape index (κ1) is 17.3. The molecule has 0 aliphatic carbocycles. The number of carboxylic acids is 1. The number of pyridine rings is 1. The molecule has 0 radical (unpaired) electrons. The zero-order valence-electron chi connectivity index (χ0n) is 13.0. The normalized spacial score (nSPS) is 21.0. The minimum atomic E-state index is -0.855. The first-order valence-electron chi connectivity index (χ1n) is 7.38. The van der Waals surface area contributed by atoms with Gasteiger partial charge in [-0.2, -0.15) is 0 Å². The van der Waals surface area contributed by atoms with Gasteiger partial charge in [0.1, 0.15) is 5.52 Å². The molecule has 0 saturated carbocycles. The fourth-order valence-corrected chi connectivity index (χ4v) is 3.03. The van der Waals surface area contributed by atoms with Gasteiger partial charge in [-0.05, 0) is 38.8 Å². The highest BCUT2D eigenvalue weighted by Crippen LogP contribution is 2.27. The van der Waals surface area contributed by atoms with E-state index < -0.39 is 11.9 Å². The van der Waals surface area contributed by atoms with Crippen LogP contribution < -0.4 is 0 Å². The maximum Gasteiger partial charge on any atom is 0.308 e. The molecule has 2 aromatic rings. The van der Waals surface area contributed by atoms with Gasteiger partial charge in [0.05, 0.1) is 5.92 Å². The van der Waals surface area contributed by atoms with Crippen LogP contribution in [0.2, 0.25) is 0 Å². The number of halogens is 1. The second-order valence-corrected chi connectivity index (χ2v) is 5.77. The third-order valence-electron chi connectivity index (χ3n) is 4.29. The molecule has 3 heterocycles. The van der Waals surface area contributed by atoms with Crippen LogP contribution in [0.5, 0.6) is 0 Å². The summed E-state index contributed by atoms with van der Waals surface area (Å²) < 4.78 is 5.58. The lowest BCUT2D eigenvalue weighted by Crippen LogP contribution is -2.49. The van der Waals surface area contributed by atoms with Gasteiger partial charge in [0.25, 0.3) is 5.91 Å². The van der Waals surface area contributed by atoms with E-state index in [1.165, 1.54) is 0 Å². The highest BCUT2D eigenvalue weighted by atomic mass is 35.5. The van der Waals surface area contributed by atoms with Gasteiger partial charge in [-0.15, -0.1) is 12.4 Å². The number of amides is 1. The average Bonchev–Trinajstić information content (AvgIpc) is 2.89. The number of fused-ring (bicyclic) bond motifs is 1. The Morgan fingerprint density at radius 1 is 1.39 bits per heavy atom. The Hall–Kier alpha value is -2.08. The summed E-state index contributed by atoms with van der Waals surface area (Å²) in [7, 11) is 0. The van der Waals surface area contributed by atoms with Crippen LogP contribution in [0, 0.1) is 12.8 Å². The summed E-state index contributed by atoms with van der Waals surface area (Å²) in [5.74, 6) is -1.44. The Kier molecular flexibility index (Phi) is 4.94. The summed E-state index contributed by atoms with van der Waals surface area (Å²) in [6.07, 6.45) is 1.28. The SMILES string of the molecule is Cc1ccc2oc(C(=O)N3CCC[C@@H](C(=O)O)[C@H]3C)cc2n1.Cl. The molecule has 1 aliphatic rings. The highest BCUT2D eigenvalue weighted by molar-refractivity contribution is 5.95. The van der Waals surface area contributed by atoms with Gasteiger partial charge < -0.3 is 14.4 Å². The number of likely N-dealkylation sites (tertiary alicyclic amines) is 1. The minimum Gasteiger partial charge on any atom is -0.481 e. The van der Waals surface area contributed by atoms with Crippen LogP contribution in [0.1, 0.15) is 36.0 Å². The second kappa shape index (κ2) is 6.58. The molecule has 1 N–H and O–H groups in total. The van der Waals surface area contributed by atoms with E-state index in [-0.39, 0.29) is 30.1 Å². The first-order valence-corrected chi connectivity index (χ1v) is 7.38. The van der Waals surface area contributed by atoms with Crippen molar-refractivity contribution in [1.29, 1.82) is 0 Å². The number of aryl methyl sites for hydroxylation is 1. The molecule has 1 fully saturated rings. The summed E-state index contributed by atoms with van der Waals surface area (Å²) in [6.45, 7) is 4.20. The van der Waals surface area contributed by atoms with Crippen LogP contribution in [-0.2, 0) is 4.79 Å². The standard InChI is InChI=1S/C16H18N2O4.ClH/c1-9-5-6-13-12(17-9)8-14(22-13)15(19)18-7-3-4-11(10(18)2)16(20)21;/h5-6,8,10-11H,3-4,7H2,1-2H3,(H,20,21);1H/t10-,11-;/m1./s1. The maximum atomic E-state index is 12.6. The van der Waals surface area contributed by atoms with Crippen molar-refractivity contribution in [2.45, 2.75) is 32.7 Å². The van der Waals surface area contributed by atoms with E-state index in [1.807, 2.05) is 13.0 Å². The quantitative estimate of drug-likeness (QED) is 0.910. The molecular formula is C16H19ClN2O4. The number of aliphatic carboxylic acids is 1. The number of hydrogen-bond donors (Lipinski definition) is 1. The number of aromatic nitrogens is 1. The number of carbonyl (C=O) groups excluding carboxylic acids is 1. The average molecular weight is 339 g/mol. The molecule has 2 aromatic heterocycles. The molecule has 6 nitrogen and oxygen atoms in total. The fraction of sp³-hybridized carbons (Fsp3) is 0.438. The molecule has 2 atom stereocenters. The van der Waals surface area contributed by atoms with Gasteiger partial charge in [-0.1, -0.05) is 0 Å². The van der Waals surface area contributed by atoms with Crippen LogP contribution >= 0.6 is 12.4 Å². The molecule has 3 rings (SSSR count). The van der Waals surface area contributed by atoms with Gasteiger partial charge in [-0.3, -0.25) is 9.59 Å². The Morgan fingerprint density at radius 3 is 2.83 bits per heavy atom. The Labute approximate surface area is 139 Å². The topological polar surface area (TPSA) is 83.6 Å². The first-order chi connectivity index (χ1) is 10.5. The van der Waals surface area contributed by atoms with E-state index in [0.717, 1.165) is 5.69 Å². The van der Waals surface area contributed by atoms with E-state index in [2.05, 4.69) is 4.98 Å². The fourth-order valence-electron chi connectivity index (χ4n) is 3.03. The van der Waals surface area contributed by atoms with Crippen molar-refractivity contribution in [1.82, 2.24) is 9.88 Å². The highest BCUT2D eigenvalue weighted by Gasteiger charge is 2.36. The lowest BCUT2D eigenvalue weighted by atomic mass is 9.90. The summed E-state index contributed by atoms with van der Waals surface area (Å²) in [4.78, 5) is 29.8. The number of carbonyl (C=O) groups is 2. The van der Waals surface area contributed by atoms with Crippen molar-refractivity contribution >= 4 is 35.4 Å². The van der Waals surface area contributed by atoms with Crippen LogP contribution in [0.4, 0.5) is 0 Å². The number of nitrogens with zero attached hydrogens (tertiary/aromatic N) is 2. The molecule has 1 saturated heterocycles. The number of piperidine rings is 1. The smallest absolute Gasteiger partial charge is 0.308 e. The van der Waals surface area contributed by atoms with Crippen LogP contribution in [0.3, 0.4) is 0 Å². The van der Waals surface area contributed by atoms with Gasteiger partial charge in [0.15, 0.2) is 11.3 Å². The molecule has 23 heavy (non-hydrogen) atoms. The number of hydrogen-bond acceptors (Lipinski definition) is 4. The van der Waals surface area contributed by atoms with E-state index in [0.29, 0.717) is 30.5 Å². The summed E-state index contributed by atoms with van der Waals surface area (Å²) in [6, 6.07) is 4.89.